The fraction of sp³-hybridized carbons (Fsp3) is 0.320. The van der Waals surface area contributed by atoms with E-state index in [-0.39, 0.29) is 29.7 Å². The smallest absolute Gasteiger partial charge is 0.251 e. The predicted molar refractivity (Wildman–Crippen MR) is 121 cm³/mol. The van der Waals surface area contributed by atoms with Crippen LogP contribution in [0.5, 0.6) is 11.5 Å². The first kappa shape index (κ1) is 21.6. The van der Waals surface area contributed by atoms with E-state index in [9.17, 15) is 9.59 Å². The number of carbonyl (C=O) groups excluding carboxylic acids is 1. The first-order valence-electron chi connectivity index (χ1n) is 10.6. The van der Waals surface area contributed by atoms with Crippen molar-refractivity contribution in [3.05, 3.63) is 87.6 Å². The van der Waals surface area contributed by atoms with Gasteiger partial charge in [-0.05, 0) is 30.7 Å². The first-order chi connectivity index (χ1) is 15.5. The van der Waals surface area contributed by atoms with Gasteiger partial charge in [-0.25, -0.2) is 4.98 Å². The number of aromatic amines is 1. The fourth-order valence-electron chi connectivity index (χ4n) is 4.41. The summed E-state index contributed by atoms with van der Waals surface area (Å²) in [6, 6.07) is 17.0. The number of hydrogen-bond acceptors (Lipinski definition) is 5. The average Bonchev–Trinajstić information content (AvgIpc) is 3.25. The maximum atomic E-state index is 13.2. The quantitative estimate of drug-likeness (QED) is 0.646. The standard InChI is InChI=1S/C25H27N3O4/c1-16-26-22(13-24(29)27-16)21-15-28(14-20(21)17-8-10-19(31-2)11-9-17)25(30)12-18-6-4-5-7-23(18)32-3/h4-11,13,20-21H,12,14-15H2,1-3H3,(H,26,27,29)/t20-,21+/m0/s1. The van der Waals surface area contributed by atoms with Gasteiger partial charge in [0, 0.05) is 36.6 Å². The van der Waals surface area contributed by atoms with Gasteiger partial charge in [0.25, 0.3) is 5.56 Å². The molecular formula is C25H27N3O4. The summed E-state index contributed by atoms with van der Waals surface area (Å²) in [6.07, 6.45) is 0.258. The van der Waals surface area contributed by atoms with Crippen LogP contribution in [0.4, 0.5) is 0 Å². The molecule has 1 amide bonds. The summed E-state index contributed by atoms with van der Waals surface area (Å²) in [6.45, 7) is 2.83. The summed E-state index contributed by atoms with van der Waals surface area (Å²) >= 11 is 0. The second kappa shape index (κ2) is 9.26. The molecule has 1 aliphatic rings. The van der Waals surface area contributed by atoms with Crippen molar-refractivity contribution in [2.45, 2.75) is 25.2 Å². The van der Waals surface area contributed by atoms with Gasteiger partial charge in [0.2, 0.25) is 5.91 Å². The molecule has 1 aromatic heterocycles. The van der Waals surface area contributed by atoms with Crippen LogP contribution in [0.2, 0.25) is 0 Å². The summed E-state index contributed by atoms with van der Waals surface area (Å²) in [7, 11) is 3.24. The lowest BCUT2D eigenvalue weighted by molar-refractivity contribution is -0.129. The van der Waals surface area contributed by atoms with Gasteiger partial charge in [-0.3, -0.25) is 9.59 Å². The SMILES string of the molecule is COc1ccc([C@@H]2CN(C(=O)Cc3ccccc3OC)C[C@H]2c2cc(=O)[nH]c(C)n2)cc1. The minimum absolute atomic E-state index is 0.0243. The second-order valence-corrected chi connectivity index (χ2v) is 8.03. The third kappa shape index (κ3) is 4.51. The highest BCUT2D eigenvalue weighted by Crippen LogP contribution is 2.39. The van der Waals surface area contributed by atoms with Crippen LogP contribution in [-0.2, 0) is 11.2 Å². The molecule has 1 saturated heterocycles. The molecule has 2 aromatic carbocycles. The number of aryl methyl sites for hydroxylation is 1. The Morgan fingerprint density at radius 2 is 1.78 bits per heavy atom. The molecule has 0 unspecified atom stereocenters. The molecule has 0 spiro atoms. The Labute approximate surface area is 187 Å². The number of rotatable bonds is 6. The van der Waals surface area contributed by atoms with E-state index in [1.54, 1.807) is 27.2 Å². The summed E-state index contributed by atoms with van der Waals surface area (Å²) in [5.74, 6) is 2.02. The van der Waals surface area contributed by atoms with E-state index in [0.29, 0.717) is 30.4 Å². The Bertz CT molecular complexity index is 1160. The van der Waals surface area contributed by atoms with Crippen LogP contribution in [0.25, 0.3) is 0 Å². The van der Waals surface area contributed by atoms with Crippen LogP contribution in [0.15, 0.2) is 59.4 Å². The molecule has 32 heavy (non-hydrogen) atoms. The number of benzene rings is 2. The van der Waals surface area contributed by atoms with E-state index in [4.69, 9.17) is 9.47 Å². The molecule has 2 atom stereocenters. The van der Waals surface area contributed by atoms with Gasteiger partial charge in [-0.15, -0.1) is 0 Å². The third-order valence-electron chi connectivity index (χ3n) is 6.01. The molecule has 1 fully saturated rings. The van der Waals surface area contributed by atoms with Crippen molar-refractivity contribution in [1.29, 1.82) is 0 Å². The van der Waals surface area contributed by atoms with E-state index in [0.717, 1.165) is 16.9 Å². The molecule has 1 aliphatic heterocycles. The van der Waals surface area contributed by atoms with Gasteiger partial charge in [-0.1, -0.05) is 30.3 Å². The maximum Gasteiger partial charge on any atom is 0.251 e. The number of methoxy groups -OCH3 is 2. The van der Waals surface area contributed by atoms with Crippen molar-refractivity contribution in [1.82, 2.24) is 14.9 Å². The van der Waals surface area contributed by atoms with E-state index in [1.807, 2.05) is 53.4 Å². The Balaban J connectivity index is 1.64. The number of aromatic nitrogens is 2. The topological polar surface area (TPSA) is 84.5 Å². The lowest BCUT2D eigenvalue weighted by Gasteiger charge is -2.18. The minimum atomic E-state index is -0.181. The van der Waals surface area contributed by atoms with Gasteiger partial charge in [-0.2, -0.15) is 0 Å². The summed E-state index contributed by atoms with van der Waals surface area (Å²) < 4.78 is 10.7. The van der Waals surface area contributed by atoms with E-state index < -0.39 is 0 Å². The highest BCUT2D eigenvalue weighted by molar-refractivity contribution is 5.80. The molecule has 1 N–H and O–H groups in total. The van der Waals surface area contributed by atoms with Crippen molar-refractivity contribution < 1.29 is 14.3 Å². The normalized spacial score (nSPS) is 17.9. The van der Waals surface area contributed by atoms with Crippen LogP contribution in [0, 0.1) is 6.92 Å². The van der Waals surface area contributed by atoms with E-state index >= 15 is 0 Å². The van der Waals surface area contributed by atoms with Crippen molar-refractivity contribution in [2.75, 3.05) is 27.3 Å². The molecule has 0 saturated carbocycles. The van der Waals surface area contributed by atoms with Crippen LogP contribution >= 0.6 is 0 Å². The van der Waals surface area contributed by atoms with Crippen molar-refractivity contribution in [3.63, 3.8) is 0 Å². The first-order valence-corrected chi connectivity index (χ1v) is 10.6. The van der Waals surface area contributed by atoms with E-state index in [2.05, 4.69) is 9.97 Å². The Kier molecular flexibility index (Phi) is 6.25. The lowest BCUT2D eigenvalue weighted by atomic mass is 9.86. The van der Waals surface area contributed by atoms with Gasteiger partial charge in [0.15, 0.2) is 0 Å². The zero-order valence-electron chi connectivity index (χ0n) is 18.5. The van der Waals surface area contributed by atoms with Gasteiger partial charge >= 0.3 is 0 Å². The third-order valence-corrected chi connectivity index (χ3v) is 6.01. The number of ether oxygens (including phenoxy) is 2. The molecule has 0 aliphatic carbocycles. The lowest BCUT2D eigenvalue weighted by Crippen LogP contribution is -2.30. The van der Waals surface area contributed by atoms with Crippen molar-refractivity contribution in [2.24, 2.45) is 0 Å². The molecule has 0 bridgehead atoms. The van der Waals surface area contributed by atoms with Crippen molar-refractivity contribution in [3.8, 4) is 11.5 Å². The van der Waals surface area contributed by atoms with Crippen LogP contribution in [0.1, 0.15) is 34.5 Å². The predicted octanol–water partition coefficient (Wildman–Crippen LogP) is 3.05. The monoisotopic (exact) mass is 433 g/mol. The molecule has 166 valence electrons. The highest BCUT2D eigenvalue weighted by Gasteiger charge is 2.38. The Morgan fingerprint density at radius 1 is 1.06 bits per heavy atom. The Morgan fingerprint density at radius 3 is 2.47 bits per heavy atom. The zero-order chi connectivity index (χ0) is 22.7. The van der Waals surface area contributed by atoms with Crippen LogP contribution in [-0.4, -0.2) is 48.1 Å². The summed E-state index contributed by atoms with van der Waals surface area (Å²) in [4.78, 5) is 34.5. The second-order valence-electron chi connectivity index (χ2n) is 8.03. The molecule has 7 nitrogen and oxygen atoms in total. The number of amides is 1. The minimum Gasteiger partial charge on any atom is -0.497 e. The largest absolute Gasteiger partial charge is 0.497 e. The summed E-state index contributed by atoms with van der Waals surface area (Å²) in [5, 5.41) is 0. The molecule has 2 heterocycles. The molecule has 3 aromatic rings. The number of para-hydroxylation sites is 1. The average molecular weight is 434 g/mol. The zero-order valence-corrected chi connectivity index (χ0v) is 18.5. The molecule has 4 rings (SSSR count). The molecule has 7 heteroatoms. The van der Waals surface area contributed by atoms with Crippen LogP contribution < -0.4 is 15.0 Å². The van der Waals surface area contributed by atoms with Crippen LogP contribution in [0.3, 0.4) is 0 Å². The van der Waals surface area contributed by atoms with Gasteiger partial charge in [0.1, 0.15) is 17.3 Å². The number of likely N-dealkylation sites (tertiary alicyclic amines) is 1. The number of carbonyl (C=O) groups is 1. The van der Waals surface area contributed by atoms with Crippen molar-refractivity contribution >= 4 is 5.91 Å². The summed E-state index contributed by atoms with van der Waals surface area (Å²) in [5.41, 5.74) is 2.47. The Hall–Kier alpha value is -3.61. The van der Waals surface area contributed by atoms with Gasteiger partial charge < -0.3 is 19.4 Å². The number of H-pyrrole nitrogens is 1. The fourth-order valence-corrected chi connectivity index (χ4v) is 4.41. The molecular weight excluding hydrogens is 406 g/mol. The highest BCUT2D eigenvalue weighted by atomic mass is 16.5. The van der Waals surface area contributed by atoms with Gasteiger partial charge in [0.05, 0.1) is 26.3 Å². The molecule has 0 radical (unpaired) electrons. The number of hydrogen-bond donors (Lipinski definition) is 1. The number of nitrogens with one attached hydrogen (secondary N) is 1. The maximum absolute atomic E-state index is 13.2. The van der Waals surface area contributed by atoms with E-state index in [1.165, 1.54) is 0 Å². The number of nitrogens with zero attached hydrogens (tertiary/aromatic N) is 2.